The molecule has 1 heterocycles. The Morgan fingerprint density at radius 2 is 2.05 bits per heavy atom. The van der Waals surface area contributed by atoms with Gasteiger partial charge < -0.3 is 20.1 Å². The number of urea groups is 1. The van der Waals surface area contributed by atoms with E-state index in [1.165, 1.54) is 0 Å². The number of ether oxygens (including phenoxy) is 1. The highest BCUT2D eigenvalue weighted by molar-refractivity contribution is 5.74. The molecule has 1 fully saturated rings. The second-order valence-electron chi connectivity index (χ2n) is 4.59. The molecule has 0 saturated carbocycles. The predicted octanol–water partition coefficient (Wildman–Crippen LogP) is -0.175. The molecule has 110 valence electrons. The molecule has 1 rings (SSSR count). The summed E-state index contributed by atoms with van der Waals surface area (Å²) in [5.74, 6) is -0.822. The minimum atomic E-state index is -0.822. The van der Waals surface area contributed by atoms with Gasteiger partial charge in [-0.3, -0.25) is 9.69 Å². The fourth-order valence-corrected chi connectivity index (χ4v) is 2.05. The lowest BCUT2D eigenvalue weighted by atomic mass is 10.4. The van der Waals surface area contributed by atoms with Crippen molar-refractivity contribution in [2.75, 3.05) is 53.0 Å². The van der Waals surface area contributed by atoms with Gasteiger partial charge in [-0.15, -0.1) is 0 Å². The van der Waals surface area contributed by atoms with Gasteiger partial charge >= 0.3 is 12.0 Å². The lowest BCUT2D eigenvalue weighted by Crippen LogP contribution is -2.42. The summed E-state index contributed by atoms with van der Waals surface area (Å²) in [7, 11) is 1.63. The highest BCUT2D eigenvalue weighted by Gasteiger charge is 2.19. The van der Waals surface area contributed by atoms with Crippen LogP contribution in [-0.2, 0) is 9.53 Å². The molecule has 0 bridgehead atoms. The van der Waals surface area contributed by atoms with Crippen LogP contribution in [-0.4, -0.2) is 79.9 Å². The van der Waals surface area contributed by atoms with E-state index in [-0.39, 0.29) is 12.6 Å². The third kappa shape index (κ3) is 6.40. The first-order valence-electron chi connectivity index (χ1n) is 6.59. The summed E-state index contributed by atoms with van der Waals surface area (Å²) in [4.78, 5) is 26.1. The summed E-state index contributed by atoms with van der Waals surface area (Å²) in [6.45, 7) is 3.85. The van der Waals surface area contributed by atoms with Crippen molar-refractivity contribution in [1.82, 2.24) is 15.1 Å². The number of hydrogen-bond donors (Lipinski definition) is 2. The first kappa shape index (κ1) is 15.7. The number of nitrogens with zero attached hydrogens (tertiary/aromatic N) is 2. The van der Waals surface area contributed by atoms with Crippen molar-refractivity contribution in [3.63, 3.8) is 0 Å². The van der Waals surface area contributed by atoms with Crippen molar-refractivity contribution in [1.29, 1.82) is 0 Å². The molecule has 0 aliphatic carbocycles. The van der Waals surface area contributed by atoms with Crippen LogP contribution in [0.5, 0.6) is 0 Å². The minimum absolute atomic E-state index is 0.0449. The van der Waals surface area contributed by atoms with Gasteiger partial charge in [0.15, 0.2) is 0 Å². The van der Waals surface area contributed by atoms with Gasteiger partial charge in [-0.2, -0.15) is 0 Å². The zero-order valence-electron chi connectivity index (χ0n) is 11.4. The van der Waals surface area contributed by atoms with Crippen molar-refractivity contribution in [3.8, 4) is 0 Å². The molecule has 1 saturated heterocycles. The first-order chi connectivity index (χ1) is 9.13. The second kappa shape index (κ2) is 8.71. The number of carboxylic acids is 1. The topological polar surface area (TPSA) is 82.1 Å². The van der Waals surface area contributed by atoms with E-state index in [2.05, 4.69) is 5.32 Å². The normalized spacial score (nSPS) is 17.0. The molecule has 0 aromatic carbocycles. The van der Waals surface area contributed by atoms with Crippen molar-refractivity contribution in [2.24, 2.45) is 0 Å². The third-order valence-corrected chi connectivity index (χ3v) is 3.04. The quantitative estimate of drug-likeness (QED) is 0.656. The summed E-state index contributed by atoms with van der Waals surface area (Å²) in [5, 5.41) is 11.6. The van der Waals surface area contributed by atoms with E-state index in [4.69, 9.17) is 9.84 Å². The van der Waals surface area contributed by atoms with E-state index in [0.29, 0.717) is 32.8 Å². The van der Waals surface area contributed by atoms with E-state index < -0.39 is 5.97 Å². The largest absolute Gasteiger partial charge is 0.480 e. The molecule has 0 radical (unpaired) electrons. The molecule has 0 aromatic heterocycles. The smallest absolute Gasteiger partial charge is 0.317 e. The molecule has 0 atom stereocenters. The van der Waals surface area contributed by atoms with Gasteiger partial charge in [-0.05, 0) is 12.8 Å². The molecular formula is C12H23N3O4. The van der Waals surface area contributed by atoms with Gasteiger partial charge in [0, 0.05) is 46.4 Å². The molecule has 2 amide bonds. The Balaban J connectivity index is 2.27. The minimum Gasteiger partial charge on any atom is -0.480 e. The average molecular weight is 273 g/mol. The number of carboxylic acid groups (broad SMARTS) is 1. The maximum absolute atomic E-state index is 11.9. The molecule has 7 nitrogen and oxygen atoms in total. The van der Waals surface area contributed by atoms with E-state index in [0.717, 1.165) is 19.4 Å². The van der Waals surface area contributed by atoms with E-state index >= 15 is 0 Å². The van der Waals surface area contributed by atoms with Crippen LogP contribution in [0.25, 0.3) is 0 Å². The summed E-state index contributed by atoms with van der Waals surface area (Å²) >= 11 is 0. The van der Waals surface area contributed by atoms with Gasteiger partial charge in [0.1, 0.15) is 0 Å². The lowest BCUT2D eigenvalue weighted by Gasteiger charge is -2.21. The van der Waals surface area contributed by atoms with Gasteiger partial charge in [0.05, 0.1) is 6.54 Å². The number of hydrogen-bond acceptors (Lipinski definition) is 4. The molecule has 0 aromatic rings. The SMILES string of the molecule is COCCCNC(=O)N1CCCN(CC(=O)O)CC1. The summed E-state index contributed by atoms with van der Waals surface area (Å²) < 4.78 is 4.91. The number of rotatable bonds is 6. The molecule has 19 heavy (non-hydrogen) atoms. The van der Waals surface area contributed by atoms with E-state index in [1.54, 1.807) is 12.0 Å². The molecule has 0 unspecified atom stereocenters. The Hall–Kier alpha value is -1.34. The Morgan fingerprint density at radius 3 is 2.74 bits per heavy atom. The van der Waals surface area contributed by atoms with Crippen molar-refractivity contribution >= 4 is 12.0 Å². The number of carbonyl (C=O) groups excluding carboxylic acids is 1. The molecular weight excluding hydrogens is 250 g/mol. The van der Waals surface area contributed by atoms with Crippen molar-refractivity contribution in [3.05, 3.63) is 0 Å². The fraction of sp³-hybridized carbons (Fsp3) is 0.833. The lowest BCUT2D eigenvalue weighted by molar-refractivity contribution is -0.138. The molecule has 7 heteroatoms. The monoisotopic (exact) mass is 273 g/mol. The Labute approximate surface area is 113 Å². The second-order valence-corrected chi connectivity index (χ2v) is 4.59. The molecule has 2 N–H and O–H groups in total. The number of nitrogens with one attached hydrogen (secondary N) is 1. The average Bonchev–Trinajstić information content (AvgIpc) is 2.59. The maximum Gasteiger partial charge on any atom is 0.317 e. The van der Waals surface area contributed by atoms with Crippen molar-refractivity contribution in [2.45, 2.75) is 12.8 Å². The van der Waals surface area contributed by atoms with Crippen LogP contribution in [0.1, 0.15) is 12.8 Å². The third-order valence-electron chi connectivity index (χ3n) is 3.04. The van der Waals surface area contributed by atoms with Gasteiger partial charge in [-0.25, -0.2) is 4.79 Å². The number of amides is 2. The highest BCUT2D eigenvalue weighted by Crippen LogP contribution is 2.03. The summed E-state index contributed by atoms with van der Waals surface area (Å²) in [5.41, 5.74) is 0. The Morgan fingerprint density at radius 1 is 1.26 bits per heavy atom. The van der Waals surface area contributed by atoms with Gasteiger partial charge in [-0.1, -0.05) is 0 Å². The number of methoxy groups -OCH3 is 1. The first-order valence-corrected chi connectivity index (χ1v) is 6.59. The predicted molar refractivity (Wildman–Crippen MR) is 70.2 cm³/mol. The van der Waals surface area contributed by atoms with Gasteiger partial charge in [0.25, 0.3) is 0 Å². The molecule has 1 aliphatic heterocycles. The van der Waals surface area contributed by atoms with Crippen LogP contribution in [0.15, 0.2) is 0 Å². The Bertz CT molecular complexity index is 299. The highest BCUT2D eigenvalue weighted by atomic mass is 16.5. The summed E-state index contributed by atoms with van der Waals surface area (Å²) in [6, 6.07) is -0.0757. The fourth-order valence-electron chi connectivity index (χ4n) is 2.05. The van der Waals surface area contributed by atoms with Crippen LogP contribution in [0.2, 0.25) is 0 Å². The van der Waals surface area contributed by atoms with Crippen LogP contribution in [0.4, 0.5) is 4.79 Å². The molecule has 0 spiro atoms. The maximum atomic E-state index is 11.9. The van der Waals surface area contributed by atoms with E-state index in [1.807, 2.05) is 4.90 Å². The van der Waals surface area contributed by atoms with Crippen LogP contribution >= 0.6 is 0 Å². The van der Waals surface area contributed by atoms with Crippen LogP contribution < -0.4 is 5.32 Å². The molecule has 1 aliphatic rings. The standard InChI is InChI=1S/C12H23N3O4/c1-19-9-2-4-13-12(18)15-6-3-5-14(7-8-15)10-11(16)17/h2-10H2,1H3,(H,13,18)(H,16,17). The Kier molecular flexibility index (Phi) is 7.20. The zero-order valence-corrected chi connectivity index (χ0v) is 11.4. The number of aliphatic carboxylic acids is 1. The van der Waals surface area contributed by atoms with Crippen LogP contribution in [0, 0.1) is 0 Å². The summed E-state index contributed by atoms with van der Waals surface area (Å²) in [6.07, 6.45) is 1.60. The van der Waals surface area contributed by atoms with E-state index in [9.17, 15) is 9.59 Å². The van der Waals surface area contributed by atoms with Crippen molar-refractivity contribution < 1.29 is 19.4 Å². The number of carbonyl (C=O) groups is 2. The zero-order chi connectivity index (χ0) is 14.1. The van der Waals surface area contributed by atoms with Crippen LogP contribution in [0.3, 0.4) is 0 Å². The van der Waals surface area contributed by atoms with Gasteiger partial charge in [0.2, 0.25) is 0 Å².